The summed E-state index contributed by atoms with van der Waals surface area (Å²) in [5.74, 6) is 0. The summed E-state index contributed by atoms with van der Waals surface area (Å²) in [7, 11) is 1.50. The Labute approximate surface area is 133 Å². The van der Waals surface area contributed by atoms with Gasteiger partial charge < -0.3 is 5.73 Å². The Hall–Kier alpha value is -0.820. The van der Waals surface area contributed by atoms with E-state index in [1.54, 1.807) is 5.56 Å². The van der Waals surface area contributed by atoms with Gasteiger partial charge in [0.05, 0.1) is 0 Å². The van der Waals surface area contributed by atoms with Crippen LogP contribution in [-0.2, 0) is 6.42 Å². The quantitative estimate of drug-likeness (QED) is 0.495. The van der Waals surface area contributed by atoms with Gasteiger partial charge in [-0.2, -0.15) is 0 Å². The summed E-state index contributed by atoms with van der Waals surface area (Å²) in [5, 5.41) is 0. The van der Waals surface area contributed by atoms with Gasteiger partial charge in [0.25, 0.3) is 0 Å². The Morgan fingerprint density at radius 1 is 0.714 bits per heavy atom. The van der Waals surface area contributed by atoms with E-state index in [4.69, 9.17) is 0 Å². The van der Waals surface area contributed by atoms with Crippen molar-refractivity contribution in [2.24, 2.45) is 5.73 Å². The summed E-state index contributed by atoms with van der Waals surface area (Å²) in [5.41, 5.74) is 7.50. The molecule has 1 nitrogen and oxygen atoms in total. The second kappa shape index (κ2) is 15.6. The van der Waals surface area contributed by atoms with Crippen LogP contribution in [0.4, 0.5) is 0 Å². The zero-order valence-electron chi connectivity index (χ0n) is 14.7. The molecule has 0 fully saturated rings. The maximum absolute atomic E-state index is 4.50. The van der Waals surface area contributed by atoms with Crippen LogP contribution >= 0.6 is 0 Å². The maximum atomic E-state index is 4.50. The molecule has 1 heteroatoms. The maximum Gasteiger partial charge on any atom is -0.0195 e. The van der Waals surface area contributed by atoms with Crippen LogP contribution in [0.25, 0.3) is 0 Å². The molecule has 0 atom stereocenters. The van der Waals surface area contributed by atoms with Crippen molar-refractivity contribution in [2.45, 2.75) is 84.5 Å². The van der Waals surface area contributed by atoms with Crippen molar-refractivity contribution < 1.29 is 0 Å². The van der Waals surface area contributed by atoms with Gasteiger partial charge in [0, 0.05) is 0 Å². The monoisotopic (exact) mass is 291 g/mol. The second-order valence-electron chi connectivity index (χ2n) is 5.86. The van der Waals surface area contributed by atoms with Crippen LogP contribution in [0.2, 0.25) is 0 Å². The minimum Gasteiger partial charge on any atom is -0.333 e. The Morgan fingerprint density at radius 2 is 1.19 bits per heavy atom. The number of rotatable bonds is 11. The average molecular weight is 292 g/mol. The highest BCUT2D eigenvalue weighted by Gasteiger charge is 1.97. The van der Waals surface area contributed by atoms with E-state index in [-0.39, 0.29) is 0 Å². The highest BCUT2D eigenvalue weighted by molar-refractivity contribution is 5.25. The summed E-state index contributed by atoms with van der Waals surface area (Å²) in [6, 6.07) is 8.81. The number of hydrogen-bond donors (Lipinski definition) is 1. The molecule has 0 aliphatic rings. The van der Waals surface area contributed by atoms with Crippen LogP contribution < -0.4 is 5.73 Å². The number of aryl methyl sites for hydroxylation is 2. The predicted molar refractivity (Wildman–Crippen MR) is 96.8 cm³/mol. The lowest BCUT2D eigenvalue weighted by atomic mass is 10.0. The Morgan fingerprint density at radius 3 is 1.71 bits per heavy atom. The molecule has 0 spiro atoms. The standard InChI is InChI=1S/C19H32.CH5N/c1-3-4-5-6-7-8-9-10-11-12-16-19-17-14-13-15-18(19)2;1-2/h13-15,17H,3-12,16H2,1-2H3;2H2,1H3. The van der Waals surface area contributed by atoms with Gasteiger partial charge in [-0.25, -0.2) is 0 Å². The van der Waals surface area contributed by atoms with Gasteiger partial charge in [0.2, 0.25) is 0 Å². The molecule has 0 radical (unpaired) electrons. The first-order valence-electron chi connectivity index (χ1n) is 8.97. The van der Waals surface area contributed by atoms with Crippen LogP contribution in [0, 0.1) is 6.92 Å². The van der Waals surface area contributed by atoms with Crippen LogP contribution in [0.5, 0.6) is 0 Å². The smallest absolute Gasteiger partial charge is 0.0195 e. The van der Waals surface area contributed by atoms with Crippen LogP contribution in [0.15, 0.2) is 24.3 Å². The highest BCUT2D eigenvalue weighted by Crippen LogP contribution is 2.14. The van der Waals surface area contributed by atoms with Gasteiger partial charge in [-0.05, 0) is 37.9 Å². The van der Waals surface area contributed by atoms with Crippen molar-refractivity contribution in [2.75, 3.05) is 7.05 Å². The molecule has 122 valence electrons. The van der Waals surface area contributed by atoms with Gasteiger partial charge in [-0.3, -0.25) is 0 Å². The molecule has 0 amide bonds. The third kappa shape index (κ3) is 11.5. The van der Waals surface area contributed by atoms with Crippen LogP contribution in [0.3, 0.4) is 0 Å². The van der Waals surface area contributed by atoms with Gasteiger partial charge in [-0.15, -0.1) is 0 Å². The first-order chi connectivity index (χ1) is 10.3. The van der Waals surface area contributed by atoms with Crippen LogP contribution in [-0.4, -0.2) is 7.05 Å². The van der Waals surface area contributed by atoms with Gasteiger partial charge >= 0.3 is 0 Å². The molecular weight excluding hydrogens is 254 g/mol. The zero-order valence-corrected chi connectivity index (χ0v) is 14.7. The molecule has 2 N–H and O–H groups in total. The largest absolute Gasteiger partial charge is 0.333 e. The minimum absolute atomic E-state index is 1.27. The molecule has 0 saturated carbocycles. The Balaban J connectivity index is 0.00000191. The summed E-state index contributed by atoms with van der Waals surface area (Å²) in [4.78, 5) is 0. The molecule has 0 heterocycles. The first-order valence-corrected chi connectivity index (χ1v) is 8.97. The van der Waals surface area contributed by atoms with Crippen molar-refractivity contribution in [1.82, 2.24) is 0 Å². The van der Waals surface area contributed by atoms with Crippen molar-refractivity contribution >= 4 is 0 Å². The lowest BCUT2D eigenvalue weighted by molar-refractivity contribution is 0.556. The van der Waals surface area contributed by atoms with Gasteiger partial charge in [-0.1, -0.05) is 89.0 Å². The first kappa shape index (κ1) is 20.2. The summed E-state index contributed by atoms with van der Waals surface area (Å²) in [6.07, 6.45) is 15.5. The molecule has 1 rings (SSSR count). The predicted octanol–water partition coefficient (Wildman–Crippen LogP) is 6.03. The SMILES string of the molecule is CCCCCCCCCCCCc1ccccc1C.CN. The van der Waals surface area contributed by atoms with Crippen molar-refractivity contribution in [3.63, 3.8) is 0 Å². The molecule has 0 aromatic heterocycles. The number of unbranched alkanes of at least 4 members (excludes halogenated alkanes) is 9. The van der Waals surface area contributed by atoms with Gasteiger partial charge in [0.15, 0.2) is 0 Å². The van der Waals surface area contributed by atoms with Crippen LogP contribution in [0.1, 0.15) is 82.3 Å². The number of hydrogen-bond acceptors (Lipinski definition) is 1. The average Bonchev–Trinajstić information content (AvgIpc) is 2.53. The second-order valence-corrected chi connectivity index (χ2v) is 5.86. The molecule has 0 saturated heterocycles. The number of benzene rings is 1. The third-order valence-electron chi connectivity index (χ3n) is 4.06. The van der Waals surface area contributed by atoms with E-state index in [1.807, 2.05) is 0 Å². The Kier molecular flexibility index (Phi) is 15.0. The van der Waals surface area contributed by atoms with E-state index >= 15 is 0 Å². The fourth-order valence-corrected chi connectivity index (χ4v) is 2.69. The summed E-state index contributed by atoms with van der Waals surface area (Å²) < 4.78 is 0. The van der Waals surface area contributed by atoms with E-state index in [9.17, 15) is 0 Å². The molecule has 1 aromatic rings. The third-order valence-corrected chi connectivity index (χ3v) is 4.06. The highest BCUT2D eigenvalue weighted by atomic mass is 14.4. The van der Waals surface area contributed by atoms with E-state index in [0.717, 1.165) is 0 Å². The lowest BCUT2D eigenvalue weighted by Gasteiger charge is -2.05. The van der Waals surface area contributed by atoms with Gasteiger partial charge in [0.1, 0.15) is 0 Å². The molecule has 1 aromatic carbocycles. The van der Waals surface area contributed by atoms with E-state index < -0.39 is 0 Å². The molecule has 0 unspecified atom stereocenters. The zero-order chi connectivity index (χ0) is 15.8. The van der Waals surface area contributed by atoms with Crippen molar-refractivity contribution in [3.8, 4) is 0 Å². The fourth-order valence-electron chi connectivity index (χ4n) is 2.69. The Bertz CT molecular complexity index is 319. The lowest BCUT2D eigenvalue weighted by Crippen LogP contribution is -1.89. The summed E-state index contributed by atoms with van der Waals surface area (Å²) in [6.45, 7) is 4.51. The molecule has 21 heavy (non-hydrogen) atoms. The molecule has 0 aliphatic carbocycles. The molecule has 0 bridgehead atoms. The minimum atomic E-state index is 1.27. The van der Waals surface area contributed by atoms with E-state index in [0.29, 0.717) is 0 Å². The van der Waals surface area contributed by atoms with E-state index in [1.165, 1.54) is 83.2 Å². The normalized spacial score (nSPS) is 10.1. The molecular formula is C20H37N. The number of nitrogens with two attached hydrogens (primary N) is 1. The molecule has 0 aliphatic heterocycles. The van der Waals surface area contributed by atoms with E-state index in [2.05, 4.69) is 43.8 Å². The fraction of sp³-hybridized carbons (Fsp3) is 0.700. The van der Waals surface area contributed by atoms with Crippen molar-refractivity contribution in [1.29, 1.82) is 0 Å². The van der Waals surface area contributed by atoms with Crippen molar-refractivity contribution in [3.05, 3.63) is 35.4 Å². The topological polar surface area (TPSA) is 26.0 Å². The summed E-state index contributed by atoms with van der Waals surface area (Å²) >= 11 is 0.